The van der Waals surface area contributed by atoms with Crippen LogP contribution in [0.3, 0.4) is 0 Å². The van der Waals surface area contributed by atoms with Gasteiger partial charge in [-0.25, -0.2) is 0 Å². The number of hydrogen-bond donors (Lipinski definition) is 0. The van der Waals surface area contributed by atoms with Crippen LogP contribution < -0.4 is 0 Å². The summed E-state index contributed by atoms with van der Waals surface area (Å²) in [5, 5.41) is 17.7. The van der Waals surface area contributed by atoms with Gasteiger partial charge in [0, 0.05) is 25.4 Å². The molecule has 5 nitrogen and oxygen atoms in total. The molecule has 1 aromatic heterocycles. The van der Waals surface area contributed by atoms with Gasteiger partial charge in [0.2, 0.25) is 0 Å². The second kappa shape index (κ2) is 6.13. The fraction of sp³-hybridized carbons (Fsp3) is 0.500. The summed E-state index contributed by atoms with van der Waals surface area (Å²) < 4.78 is 2.35. The van der Waals surface area contributed by atoms with Crippen LogP contribution in [0.4, 0.5) is 0 Å². The summed E-state index contributed by atoms with van der Waals surface area (Å²) in [5.41, 5.74) is 2.01. The zero-order valence-corrected chi connectivity index (χ0v) is 13.3. The van der Waals surface area contributed by atoms with Crippen molar-refractivity contribution in [2.45, 2.75) is 44.7 Å². The van der Waals surface area contributed by atoms with Gasteiger partial charge in [-0.3, -0.25) is 4.90 Å². The normalized spacial score (nSPS) is 18.7. The Hall–Kier alpha value is -2.19. The molecule has 0 spiro atoms. The molecule has 1 fully saturated rings. The van der Waals surface area contributed by atoms with Gasteiger partial charge in [0.25, 0.3) is 0 Å². The number of fused-ring (bicyclic) bond motifs is 1. The molecule has 1 saturated heterocycles. The van der Waals surface area contributed by atoms with E-state index < -0.39 is 0 Å². The molecule has 0 N–H and O–H groups in total. The first kappa shape index (κ1) is 14.4. The quantitative estimate of drug-likeness (QED) is 0.874. The third kappa shape index (κ3) is 2.87. The molecule has 1 aromatic carbocycles. The second-order valence-corrected chi connectivity index (χ2v) is 6.59. The van der Waals surface area contributed by atoms with Crippen LogP contribution >= 0.6 is 0 Å². The van der Waals surface area contributed by atoms with Crippen LogP contribution in [0, 0.1) is 11.3 Å². The molecule has 0 unspecified atom stereocenters. The number of aromatic nitrogens is 3. The first-order valence-electron chi connectivity index (χ1n) is 8.47. The lowest BCUT2D eigenvalue weighted by Crippen LogP contribution is -2.33. The summed E-state index contributed by atoms with van der Waals surface area (Å²) in [6.07, 6.45) is 4.63. The summed E-state index contributed by atoms with van der Waals surface area (Å²) in [4.78, 5) is 2.50. The minimum absolute atomic E-state index is 0.562. The van der Waals surface area contributed by atoms with Crippen LogP contribution in [0.2, 0.25) is 0 Å². The van der Waals surface area contributed by atoms with E-state index in [-0.39, 0.29) is 0 Å². The van der Waals surface area contributed by atoms with Gasteiger partial charge < -0.3 is 4.57 Å². The number of rotatable bonds is 3. The number of benzene rings is 1. The maximum Gasteiger partial charge on any atom is 0.136 e. The van der Waals surface area contributed by atoms with Gasteiger partial charge in [-0.05, 0) is 50.0 Å². The zero-order chi connectivity index (χ0) is 15.6. The fourth-order valence-corrected chi connectivity index (χ4v) is 3.77. The van der Waals surface area contributed by atoms with Crippen LogP contribution in [0.5, 0.6) is 0 Å². The third-order valence-electron chi connectivity index (χ3n) is 5.08. The van der Waals surface area contributed by atoms with Crippen molar-refractivity contribution in [2.24, 2.45) is 0 Å². The number of hydrogen-bond acceptors (Lipinski definition) is 4. The number of likely N-dealkylation sites (tertiary alicyclic amines) is 1. The molecule has 0 atom stereocenters. The number of piperidine rings is 1. The van der Waals surface area contributed by atoms with Crippen molar-refractivity contribution in [3.05, 3.63) is 47.0 Å². The van der Waals surface area contributed by atoms with E-state index in [0.717, 1.165) is 51.0 Å². The Morgan fingerprint density at radius 2 is 1.87 bits per heavy atom. The first-order chi connectivity index (χ1) is 11.3. The largest absolute Gasteiger partial charge is 0.315 e. The van der Waals surface area contributed by atoms with E-state index in [1.165, 1.54) is 23.6 Å². The van der Waals surface area contributed by atoms with E-state index >= 15 is 0 Å². The van der Waals surface area contributed by atoms with Crippen molar-refractivity contribution in [1.82, 2.24) is 19.7 Å². The van der Waals surface area contributed by atoms with Gasteiger partial charge in [0.1, 0.15) is 11.6 Å². The minimum atomic E-state index is 0.562. The molecule has 2 aliphatic rings. The van der Waals surface area contributed by atoms with E-state index in [1.54, 1.807) is 0 Å². The van der Waals surface area contributed by atoms with Gasteiger partial charge in [-0.15, -0.1) is 10.2 Å². The molecular formula is C18H21N5. The molecule has 23 heavy (non-hydrogen) atoms. The van der Waals surface area contributed by atoms with Crippen molar-refractivity contribution in [1.29, 1.82) is 5.26 Å². The molecule has 0 amide bonds. The number of nitrogens with zero attached hydrogens (tertiary/aromatic N) is 5. The zero-order valence-electron chi connectivity index (χ0n) is 13.3. The lowest BCUT2D eigenvalue weighted by Gasteiger charge is -2.31. The highest BCUT2D eigenvalue weighted by molar-refractivity contribution is 5.31. The van der Waals surface area contributed by atoms with E-state index in [2.05, 4.69) is 37.9 Å². The maximum atomic E-state index is 8.86. The molecule has 2 aromatic rings. The summed E-state index contributed by atoms with van der Waals surface area (Å²) in [7, 11) is 0. The standard InChI is InChI=1S/C18H21N5/c19-12-14-3-5-15(6-4-14)13-22-10-7-16(8-11-22)18-21-20-17-2-1-9-23(17)18/h3-6,16H,1-2,7-11,13H2. The Bertz CT molecular complexity index is 717. The smallest absolute Gasteiger partial charge is 0.136 e. The molecule has 118 valence electrons. The Kier molecular flexibility index (Phi) is 3.84. The van der Waals surface area contributed by atoms with E-state index in [9.17, 15) is 0 Å². The van der Waals surface area contributed by atoms with Crippen LogP contribution in [0.15, 0.2) is 24.3 Å². The van der Waals surface area contributed by atoms with Gasteiger partial charge in [0.05, 0.1) is 11.6 Å². The topological polar surface area (TPSA) is 57.7 Å². The van der Waals surface area contributed by atoms with Crippen molar-refractivity contribution in [3.63, 3.8) is 0 Å². The molecule has 5 heteroatoms. The summed E-state index contributed by atoms with van der Waals surface area (Å²) >= 11 is 0. The third-order valence-corrected chi connectivity index (χ3v) is 5.08. The maximum absolute atomic E-state index is 8.86. The molecule has 3 heterocycles. The average Bonchev–Trinajstić information content (AvgIpc) is 3.20. The molecular weight excluding hydrogens is 286 g/mol. The predicted octanol–water partition coefficient (Wildman–Crippen LogP) is 2.48. The molecule has 0 radical (unpaired) electrons. The Balaban J connectivity index is 1.36. The van der Waals surface area contributed by atoms with Crippen LogP contribution in [0.1, 0.15) is 48.0 Å². The molecule has 0 aliphatic carbocycles. The van der Waals surface area contributed by atoms with Crippen molar-refractivity contribution in [3.8, 4) is 6.07 Å². The van der Waals surface area contributed by atoms with Crippen molar-refractivity contribution < 1.29 is 0 Å². The molecule has 4 rings (SSSR count). The molecule has 0 saturated carbocycles. The highest BCUT2D eigenvalue weighted by Gasteiger charge is 2.27. The van der Waals surface area contributed by atoms with Gasteiger partial charge >= 0.3 is 0 Å². The van der Waals surface area contributed by atoms with Crippen molar-refractivity contribution >= 4 is 0 Å². The molecule has 2 aliphatic heterocycles. The summed E-state index contributed by atoms with van der Waals surface area (Å²) in [6.45, 7) is 4.28. The van der Waals surface area contributed by atoms with Gasteiger partial charge in [-0.1, -0.05) is 12.1 Å². The Morgan fingerprint density at radius 1 is 1.09 bits per heavy atom. The second-order valence-electron chi connectivity index (χ2n) is 6.59. The lowest BCUT2D eigenvalue weighted by molar-refractivity contribution is 0.200. The fourth-order valence-electron chi connectivity index (χ4n) is 3.77. The Morgan fingerprint density at radius 3 is 2.61 bits per heavy atom. The Labute approximate surface area is 136 Å². The number of aryl methyl sites for hydroxylation is 1. The van der Waals surface area contributed by atoms with E-state index in [1.807, 2.05) is 12.1 Å². The summed E-state index contributed by atoms with van der Waals surface area (Å²) in [5.74, 6) is 2.96. The van der Waals surface area contributed by atoms with Gasteiger partial charge in [-0.2, -0.15) is 5.26 Å². The minimum Gasteiger partial charge on any atom is -0.315 e. The summed E-state index contributed by atoms with van der Waals surface area (Å²) in [6, 6.07) is 10.1. The highest BCUT2D eigenvalue weighted by Crippen LogP contribution is 2.29. The highest BCUT2D eigenvalue weighted by atomic mass is 15.3. The SMILES string of the molecule is N#Cc1ccc(CN2CCC(c3nnc4n3CCC4)CC2)cc1. The monoisotopic (exact) mass is 307 g/mol. The van der Waals surface area contributed by atoms with Gasteiger partial charge in [0.15, 0.2) is 0 Å². The van der Waals surface area contributed by atoms with E-state index in [4.69, 9.17) is 5.26 Å². The van der Waals surface area contributed by atoms with Crippen LogP contribution in [0.25, 0.3) is 0 Å². The lowest BCUT2D eigenvalue weighted by atomic mass is 9.95. The predicted molar refractivity (Wildman–Crippen MR) is 86.8 cm³/mol. The molecule has 0 bridgehead atoms. The van der Waals surface area contributed by atoms with E-state index in [0.29, 0.717) is 5.92 Å². The average molecular weight is 307 g/mol. The van der Waals surface area contributed by atoms with Crippen LogP contribution in [-0.4, -0.2) is 32.8 Å². The van der Waals surface area contributed by atoms with Crippen molar-refractivity contribution in [2.75, 3.05) is 13.1 Å². The number of nitriles is 1. The first-order valence-corrected chi connectivity index (χ1v) is 8.47. The van der Waals surface area contributed by atoms with Crippen LogP contribution in [-0.2, 0) is 19.5 Å².